The van der Waals surface area contributed by atoms with E-state index < -0.39 is 0 Å². The molecule has 1 aliphatic heterocycles. The molecule has 32 heavy (non-hydrogen) atoms. The van der Waals surface area contributed by atoms with Crippen LogP contribution in [-0.2, 0) is 20.5 Å². The van der Waals surface area contributed by atoms with Crippen LogP contribution in [0.15, 0.2) is 24.3 Å². The third kappa shape index (κ3) is 4.07. The van der Waals surface area contributed by atoms with Crippen molar-refractivity contribution in [2.24, 2.45) is 0 Å². The highest BCUT2D eigenvalue weighted by molar-refractivity contribution is 6.35. The summed E-state index contributed by atoms with van der Waals surface area (Å²) in [7, 11) is 4.56. The van der Waals surface area contributed by atoms with Gasteiger partial charge in [-0.15, -0.1) is 0 Å². The Labute approximate surface area is 190 Å². The summed E-state index contributed by atoms with van der Waals surface area (Å²) >= 11 is 0. The summed E-state index contributed by atoms with van der Waals surface area (Å²) in [6.07, 6.45) is 1.84. The van der Waals surface area contributed by atoms with Crippen LogP contribution in [0.5, 0.6) is 17.2 Å². The van der Waals surface area contributed by atoms with Crippen molar-refractivity contribution >= 4 is 23.2 Å². The molecule has 2 aromatic rings. The van der Waals surface area contributed by atoms with Gasteiger partial charge in [0.25, 0.3) is 5.91 Å². The highest BCUT2D eigenvalue weighted by atomic mass is 16.7. The number of carbonyl (C=O) groups is 1. The molecule has 1 N–H and O–H groups in total. The SMILES string of the molecule is COc1cc2c(cc1OC)N(OC)C(=O)C2=Cc1cc(C(C)(C)C)c(O)c(C(C)(C)C)c1. The van der Waals surface area contributed by atoms with Crippen molar-refractivity contribution in [3.8, 4) is 17.2 Å². The zero-order chi connectivity index (χ0) is 24.0. The van der Waals surface area contributed by atoms with Gasteiger partial charge in [-0.25, -0.2) is 0 Å². The molecule has 1 amide bonds. The summed E-state index contributed by atoms with van der Waals surface area (Å²) in [5, 5.41) is 12.3. The molecule has 1 heterocycles. The van der Waals surface area contributed by atoms with Gasteiger partial charge in [-0.2, -0.15) is 5.06 Å². The number of methoxy groups -OCH3 is 2. The predicted octanol–water partition coefficient (Wildman–Crippen LogP) is 5.45. The molecule has 0 saturated heterocycles. The van der Waals surface area contributed by atoms with Crippen LogP contribution in [0.25, 0.3) is 11.6 Å². The number of hydrogen-bond acceptors (Lipinski definition) is 5. The zero-order valence-corrected chi connectivity index (χ0v) is 20.4. The van der Waals surface area contributed by atoms with Gasteiger partial charge in [0.05, 0.1) is 32.6 Å². The summed E-state index contributed by atoms with van der Waals surface area (Å²) in [6, 6.07) is 7.41. The number of anilines is 1. The van der Waals surface area contributed by atoms with Gasteiger partial charge in [-0.1, -0.05) is 41.5 Å². The molecule has 0 aromatic heterocycles. The van der Waals surface area contributed by atoms with Crippen LogP contribution < -0.4 is 14.5 Å². The standard InChI is InChI=1S/C26H33NO5/c1-25(2,3)18-11-15(12-19(23(18)28)26(4,5)6)10-17-16-13-21(30-7)22(31-8)14-20(16)27(32-9)24(17)29/h10-14,28H,1-9H3. The minimum atomic E-state index is -0.277. The fourth-order valence-corrected chi connectivity index (χ4v) is 3.96. The Kier molecular flexibility index (Phi) is 6.04. The van der Waals surface area contributed by atoms with E-state index in [0.717, 1.165) is 16.7 Å². The molecule has 2 aromatic carbocycles. The van der Waals surface area contributed by atoms with E-state index in [2.05, 4.69) is 41.5 Å². The molecule has 6 nitrogen and oxygen atoms in total. The molecule has 0 radical (unpaired) electrons. The van der Waals surface area contributed by atoms with Gasteiger partial charge in [0.15, 0.2) is 11.5 Å². The molecular formula is C26H33NO5. The number of nitrogens with zero attached hydrogens (tertiary/aromatic N) is 1. The molecule has 1 aliphatic rings. The molecule has 3 rings (SSSR count). The molecule has 0 atom stereocenters. The van der Waals surface area contributed by atoms with E-state index in [-0.39, 0.29) is 16.7 Å². The second-order valence-electron chi connectivity index (χ2n) is 10.0. The Bertz CT molecular complexity index is 1050. The molecule has 0 unspecified atom stereocenters. The predicted molar refractivity (Wildman–Crippen MR) is 127 cm³/mol. The van der Waals surface area contributed by atoms with Crippen LogP contribution in [0.4, 0.5) is 5.69 Å². The third-order valence-electron chi connectivity index (χ3n) is 5.67. The van der Waals surface area contributed by atoms with Gasteiger partial charge in [0.2, 0.25) is 0 Å². The highest BCUT2D eigenvalue weighted by Crippen LogP contribution is 2.45. The monoisotopic (exact) mass is 439 g/mol. The van der Waals surface area contributed by atoms with Gasteiger partial charge >= 0.3 is 0 Å². The minimum absolute atomic E-state index is 0.272. The van der Waals surface area contributed by atoms with Gasteiger partial charge < -0.3 is 14.6 Å². The van der Waals surface area contributed by atoms with Crippen molar-refractivity contribution in [2.45, 2.75) is 52.4 Å². The number of fused-ring (bicyclic) bond motifs is 1. The second-order valence-corrected chi connectivity index (χ2v) is 10.0. The number of phenols is 1. The topological polar surface area (TPSA) is 68.2 Å². The van der Waals surface area contributed by atoms with Crippen LogP contribution in [0, 0.1) is 0 Å². The lowest BCUT2D eigenvalue weighted by Crippen LogP contribution is -2.24. The van der Waals surface area contributed by atoms with Crippen molar-refractivity contribution < 1.29 is 24.2 Å². The highest BCUT2D eigenvalue weighted by Gasteiger charge is 2.35. The molecule has 0 bridgehead atoms. The molecule has 0 aliphatic carbocycles. The van der Waals surface area contributed by atoms with Crippen LogP contribution >= 0.6 is 0 Å². The second kappa shape index (κ2) is 8.17. The van der Waals surface area contributed by atoms with Gasteiger partial charge in [-0.05, 0) is 40.7 Å². The summed E-state index contributed by atoms with van der Waals surface area (Å²) in [4.78, 5) is 18.6. The Morgan fingerprint density at radius 2 is 1.34 bits per heavy atom. The Balaban J connectivity index is 2.28. The van der Waals surface area contributed by atoms with E-state index in [0.29, 0.717) is 34.1 Å². The molecule has 6 heteroatoms. The largest absolute Gasteiger partial charge is 0.507 e. The van der Waals surface area contributed by atoms with E-state index in [1.807, 2.05) is 18.2 Å². The minimum Gasteiger partial charge on any atom is -0.507 e. The van der Waals surface area contributed by atoms with E-state index >= 15 is 0 Å². The average molecular weight is 440 g/mol. The van der Waals surface area contributed by atoms with E-state index in [1.54, 1.807) is 26.4 Å². The number of phenolic OH excluding ortho intramolecular Hbond substituents is 1. The summed E-state index contributed by atoms with van der Waals surface area (Å²) in [6.45, 7) is 12.4. The maximum absolute atomic E-state index is 13.2. The zero-order valence-electron chi connectivity index (χ0n) is 20.4. The van der Waals surface area contributed by atoms with Crippen molar-refractivity contribution in [3.63, 3.8) is 0 Å². The Hall–Kier alpha value is -2.99. The Morgan fingerprint density at radius 3 is 1.78 bits per heavy atom. The number of carbonyl (C=O) groups excluding carboxylic acids is 1. The number of amides is 1. The lowest BCUT2D eigenvalue weighted by atomic mass is 9.78. The van der Waals surface area contributed by atoms with Crippen molar-refractivity contribution in [2.75, 3.05) is 26.4 Å². The van der Waals surface area contributed by atoms with E-state index in [1.165, 1.54) is 12.2 Å². The first-order valence-corrected chi connectivity index (χ1v) is 10.6. The average Bonchev–Trinajstić information content (AvgIpc) is 2.96. The number of benzene rings is 2. The molecule has 0 saturated carbocycles. The lowest BCUT2D eigenvalue weighted by molar-refractivity contribution is -0.118. The van der Waals surface area contributed by atoms with Gasteiger partial charge in [0.1, 0.15) is 5.75 Å². The van der Waals surface area contributed by atoms with Crippen molar-refractivity contribution in [3.05, 3.63) is 46.5 Å². The van der Waals surface area contributed by atoms with Crippen LogP contribution in [-0.4, -0.2) is 32.3 Å². The van der Waals surface area contributed by atoms with Gasteiger partial charge in [-0.3, -0.25) is 9.63 Å². The van der Waals surface area contributed by atoms with Gasteiger partial charge in [0, 0.05) is 22.8 Å². The number of hydrogen-bond donors (Lipinski definition) is 1. The van der Waals surface area contributed by atoms with Crippen LogP contribution in [0.3, 0.4) is 0 Å². The maximum Gasteiger partial charge on any atom is 0.282 e. The fourth-order valence-electron chi connectivity index (χ4n) is 3.96. The third-order valence-corrected chi connectivity index (χ3v) is 5.67. The van der Waals surface area contributed by atoms with E-state index in [4.69, 9.17) is 14.3 Å². The number of hydroxylamine groups is 1. The first-order valence-electron chi connectivity index (χ1n) is 10.6. The van der Waals surface area contributed by atoms with Crippen LogP contribution in [0.2, 0.25) is 0 Å². The maximum atomic E-state index is 13.2. The first kappa shape index (κ1) is 23.7. The molecule has 0 spiro atoms. The first-order chi connectivity index (χ1) is 14.8. The smallest absolute Gasteiger partial charge is 0.282 e. The summed E-state index contributed by atoms with van der Waals surface area (Å²) in [5.41, 5.74) is 3.71. The summed E-state index contributed by atoms with van der Waals surface area (Å²) < 4.78 is 10.8. The van der Waals surface area contributed by atoms with E-state index in [9.17, 15) is 9.90 Å². The Morgan fingerprint density at radius 1 is 0.844 bits per heavy atom. The number of ether oxygens (including phenoxy) is 2. The molecule has 0 fully saturated rings. The van der Waals surface area contributed by atoms with Crippen molar-refractivity contribution in [1.82, 2.24) is 0 Å². The molecule has 172 valence electrons. The lowest BCUT2D eigenvalue weighted by Gasteiger charge is -2.28. The normalized spacial score (nSPS) is 15.3. The fraction of sp³-hybridized carbons (Fsp3) is 0.423. The van der Waals surface area contributed by atoms with Crippen LogP contribution in [0.1, 0.15) is 63.8 Å². The van der Waals surface area contributed by atoms with Crippen molar-refractivity contribution in [1.29, 1.82) is 0 Å². The number of aromatic hydroxyl groups is 1. The summed E-state index contributed by atoms with van der Waals surface area (Å²) in [5.74, 6) is 1.06. The number of rotatable bonds is 4. The molecular weight excluding hydrogens is 406 g/mol. The quantitative estimate of drug-likeness (QED) is 0.642.